The topological polar surface area (TPSA) is 63.7 Å². The molecule has 0 bridgehead atoms. The zero-order valence-corrected chi connectivity index (χ0v) is 14.1. The standard InChI is InChI=1S/C17H13F2NO4S/c1-10-7-11(18)3-5-13(10)20-9-16(17(21)24-2)25(22,23)15-6-4-12(19)8-14(15)20/h3-9H,1-2H3. The van der Waals surface area contributed by atoms with Crippen LogP contribution in [0.2, 0.25) is 0 Å². The number of anilines is 2. The van der Waals surface area contributed by atoms with E-state index in [1.54, 1.807) is 6.92 Å². The van der Waals surface area contributed by atoms with Crippen LogP contribution in [0.15, 0.2) is 52.4 Å². The molecule has 0 aliphatic carbocycles. The number of carbonyl (C=O) groups is 1. The third kappa shape index (κ3) is 2.78. The van der Waals surface area contributed by atoms with Crippen molar-refractivity contribution in [2.75, 3.05) is 12.0 Å². The Balaban J connectivity index is 2.33. The maximum atomic E-state index is 13.7. The fourth-order valence-corrected chi connectivity index (χ4v) is 4.10. The molecule has 8 heteroatoms. The molecule has 0 spiro atoms. The number of hydrogen-bond donors (Lipinski definition) is 0. The number of fused-ring (bicyclic) bond motifs is 1. The number of nitrogens with zero attached hydrogens (tertiary/aromatic N) is 1. The van der Waals surface area contributed by atoms with Crippen molar-refractivity contribution in [1.82, 2.24) is 0 Å². The molecular weight excluding hydrogens is 352 g/mol. The molecule has 3 rings (SSSR count). The van der Waals surface area contributed by atoms with Crippen molar-refractivity contribution in [3.05, 3.63) is 64.7 Å². The summed E-state index contributed by atoms with van der Waals surface area (Å²) < 4.78 is 57.0. The van der Waals surface area contributed by atoms with E-state index in [0.717, 1.165) is 31.5 Å². The van der Waals surface area contributed by atoms with Crippen molar-refractivity contribution in [2.24, 2.45) is 0 Å². The van der Waals surface area contributed by atoms with Crippen LogP contribution in [0.5, 0.6) is 0 Å². The first-order valence-corrected chi connectivity index (χ1v) is 8.64. The smallest absolute Gasteiger partial charge is 0.351 e. The molecule has 0 amide bonds. The average molecular weight is 365 g/mol. The Labute approximate surface area is 143 Å². The van der Waals surface area contributed by atoms with Crippen molar-refractivity contribution in [3.8, 4) is 0 Å². The lowest BCUT2D eigenvalue weighted by atomic mass is 10.1. The first kappa shape index (κ1) is 17.1. The maximum absolute atomic E-state index is 13.7. The van der Waals surface area contributed by atoms with E-state index < -0.39 is 32.3 Å². The van der Waals surface area contributed by atoms with Gasteiger partial charge in [-0.05, 0) is 48.9 Å². The molecule has 1 aliphatic heterocycles. The molecular formula is C17H13F2NO4S. The highest BCUT2D eigenvalue weighted by Gasteiger charge is 2.37. The molecule has 5 nitrogen and oxygen atoms in total. The monoisotopic (exact) mass is 365 g/mol. The molecule has 1 aliphatic rings. The Kier molecular flexibility index (Phi) is 4.08. The Hall–Kier alpha value is -2.74. The number of benzene rings is 2. The van der Waals surface area contributed by atoms with E-state index in [1.165, 1.54) is 23.1 Å². The van der Waals surface area contributed by atoms with E-state index in [0.29, 0.717) is 11.3 Å². The summed E-state index contributed by atoms with van der Waals surface area (Å²) in [5.41, 5.74) is 0.918. The van der Waals surface area contributed by atoms with E-state index in [2.05, 4.69) is 4.74 Å². The SMILES string of the molecule is COC(=O)C1=CN(c2ccc(F)cc2C)c2cc(F)ccc2S1(=O)=O. The minimum atomic E-state index is -4.17. The van der Waals surface area contributed by atoms with Gasteiger partial charge in [-0.1, -0.05) is 0 Å². The second kappa shape index (κ2) is 5.96. The Morgan fingerprint density at radius 2 is 1.68 bits per heavy atom. The lowest BCUT2D eigenvalue weighted by molar-refractivity contribution is -0.135. The number of sulfone groups is 1. The van der Waals surface area contributed by atoms with Crippen LogP contribution in [0.3, 0.4) is 0 Å². The van der Waals surface area contributed by atoms with Crippen LogP contribution in [0, 0.1) is 18.6 Å². The summed E-state index contributed by atoms with van der Waals surface area (Å²) in [4.78, 5) is 12.5. The molecule has 0 unspecified atom stereocenters. The molecule has 0 aromatic heterocycles. The number of carbonyl (C=O) groups excluding carboxylic acids is 1. The molecule has 0 N–H and O–H groups in total. The highest BCUT2D eigenvalue weighted by atomic mass is 32.2. The van der Waals surface area contributed by atoms with Crippen LogP contribution in [-0.4, -0.2) is 21.5 Å². The number of aryl methyl sites for hydroxylation is 1. The number of hydrogen-bond acceptors (Lipinski definition) is 5. The van der Waals surface area contributed by atoms with Crippen molar-refractivity contribution in [2.45, 2.75) is 11.8 Å². The van der Waals surface area contributed by atoms with Crippen LogP contribution in [0.1, 0.15) is 5.56 Å². The van der Waals surface area contributed by atoms with Gasteiger partial charge in [-0.2, -0.15) is 0 Å². The summed E-state index contributed by atoms with van der Waals surface area (Å²) in [6.07, 6.45) is 1.06. The van der Waals surface area contributed by atoms with Crippen LogP contribution in [0.4, 0.5) is 20.2 Å². The average Bonchev–Trinajstić information content (AvgIpc) is 2.55. The van der Waals surface area contributed by atoms with Gasteiger partial charge in [0, 0.05) is 11.9 Å². The fourth-order valence-electron chi connectivity index (χ4n) is 2.63. The largest absolute Gasteiger partial charge is 0.465 e. The van der Waals surface area contributed by atoms with Crippen molar-refractivity contribution in [3.63, 3.8) is 0 Å². The van der Waals surface area contributed by atoms with Crippen LogP contribution < -0.4 is 4.90 Å². The molecule has 0 atom stereocenters. The van der Waals surface area contributed by atoms with E-state index in [9.17, 15) is 22.0 Å². The quantitative estimate of drug-likeness (QED) is 0.604. The molecule has 0 radical (unpaired) electrons. The minimum Gasteiger partial charge on any atom is -0.465 e. The second-order valence-electron chi connectivity index (χ2n) is 5.40. The molecule has 2 aromatic rings. The Morgan fingerprint density at radius 1 is 1.04 bits per heavy atom. The third-order valence-corrected chi connectivity index (χ3v) is 5.59. The van der Waals surface area contributed by atoms with Gasteiger partial charge in [0.15, 0.2) is 4.91 Å². The van der Waals surface area contributed by atoms with Gasteiger partial charge in [0.1, 0.15) is 11.6 Å². The first-order chi connectivity index (χ1) is 11.8. The number of halogens is 2. The Morgan fingerprint density at radius 3 is 2.32 bits per heavy atom. The van der Waals surface area contributed by atoms with Gasteiger partial charge in [-0.15, -0.1) is 0 Å². The molecule has 0 saturated carbocycles. The number of methoxy groups -OCH3 is 1. The molecule has 130 valence electrons. The highest BCUT2D eigenvalue weighted by Crippen LogP contribution is 2.41. The van der Waals surface area contributed by atoms with Crippen molar-refractivity contribution < 1.29 is 26.7 Å². The van der Waals surface area contributed by atoms with Crippen LogP contribution in [-0.2, 0) is 19.4 Å². The summed E-state index contributed by atoms with van der Waals surface area (Å²) in [7, 11) is -3.11. The normalized spacial score (nSPS) is 15.4. The summed E-state index contributed by atoms with van der Waals surface area (Å²) in [6.45, 7) is 1.62. The van der Waals surface area contributed by atoms with E-state index in [-0.39, 0.29) is 10.6 Å². The van der Waals surface area contributed by atoms with E-state index in [4.69, 9.17) is 0 Å². The summed E-state index contributed by atoms with van der Waals surface area (Å²) in [5.74, 6) is -2.16. The van der Waals surface area contributed by atoms with Gasteiger partial charge < -0.3 is 9.64 Å². The zero-order valence-electron chi connectivity index (χ0n) is 13.3. The fraction of sp³-hybridized carbons (Fsp3) is 0.118. The third-order valence-electron chi connectivity index (χ3n) is 3.81. The van der Waals surface area contributed by atoms with Crippen molar-refractivity contribution >= 4 is 27.2 Å². The summed E-state index contributed by atoms with van der Waals surface area (Å²) in [6, 6.07) is 6.98. The van der Waals surface area contributed by atoms with Gasteiger partial charge >= 0.3 is 5.97 Å². The molecule has 25 heavy (non-hydrogen) atoms. The first-order valence-electron chi connectivity index (χ1n) is 7.16. The predicted octanol–water partition coefficient (Wildman–Crippen LogP) is 3.21. The Bertz CT molecular complexity index is 1020. The lowest BCUT2D eigenvalue weighted by Gasteiger charge is -2.29. The molecule has 1 heterocycles. The number of rotatable bonds is 2. The van der Waals surface area contributed by atoms with Gasteiger partial charge in [-0.3, -0.25) is 0 Å². The van der Waals surface area contributed by atoms with E-state index in [1.807, 2.05) is 0 Å². The van der Waals surface area contributed by atoms with Crippen LogP contribution >= 0.6 is 0 Å². The summed E-state index contributed by atoms with van der Waals surface area (Å²) in [5, 5.41) is 0. The van der Waals surface area contributed by atoms with Crippen LogP contribution in [0.25, 0.3) is 0 Å². The predicted molar refractivity (Wildman–Crippen MR) is 87.0 cm³/mol. The van der Waals surface area contributed by atoms with Crippen molar-refractivity contribution in [1.29, 1.82) is 0 Å². The lowest BCUT2D eigenvalue weighted by Crippen LogP contribution is -2.26. The van der Waals surface area contributed by atoms with Gasteiger partial charge in [0.2, 0.25) is 9.84 Å². The van der Waals surface area contributed by atoms with E-state index >= 15 is 0 Å². The summed E-state index contributed by atoms with van der Waals surface area (Å²) >= 11 is 0. The molecule has 2 aromatic carbocycles. The molecule has 0 saturated heterocycles. The number of ether oxygens (including phenoxy) is 1. The minimum absolute atomic E-state index is 0.0300. The maximum Gasteiger partial charge on any atom is 0.351 e. The van der Waals surface area contributed by atoms with Gasteiger partial charge in [0.05, 0.1) is 17.7 Å². The zero-order chi connectivity index (χ0) is 18.4. The van der Waals surface area contributed by atoms with Gasteiger partial charge in [0.25, 0.3) is 0 Å². The molecule has 0 fully saturated rings. The number of esters is 1. The highest BCUT2D eigenvalue weighted by molar-refractivity contribution is 7.96. The second-order valence-corrected chi connectivity index (χ2v) is 7.29. The van der Waals surface area contributed by atoms with Gasteiger partial charge in [-0.25, -0.2) is 22.0 Å².